The SMILES string of the molecule is CCC1CCCCC1NC(=O)Nc1cccc(OC)c1. The molecule has 1 saturated carbocycles. The van der Waals surface area contributed by atoms with Crippen LogP contribution in [0.15, 0.2) is 24.3 Å². The summed E-state index contributed by atoms with van der Waals surface area (Å²) in [5, 5.41) is 5.99. The second kappa shape index (κ2) is 7.17. The van der Waals surface area contributed by atoms with Gasteiger partial charge in [-0.2, -0.15) is 0 Å². The topological polar surface area (TPSA) is 50.4 Å². The summed E-state index contributed by atoms with van der Waals surface area (Å²) in [6.07, 6.45) is 5.93. The summed E-state index contributed by atoms with van der Waals surface area (Å²) < 4.78 is 5.15. The molecule has 1 aliphatic rings. The van der Waals surface area contributed by atoms with Crippen molar-refractivity contribution in [1.29, 1.82) is 0 Å². The number of amides is 2. The van der Waals surface area contributed by atoms with Gasteiger partial charge in [-0.1, -0.05) is 32.3 Å². The van der Waals surface area contributed by atoms with E-state index in [-0.39, 0.29) is 6.03 Å². The molecule has 0 aliphatic heterocycles. The maximum absolute atomic E-state index is 12.1. The van der Waals surface area contributed by atoms with Crippen molar-refractivity contribution in [3.63, 3.8) is 0 Å². The van der Waals surface area contributed by atoms with Crippen LogP contribution in [0.3, 0.4) is 0 Å². The Morgan fingerprint density at radius 1 is 1.35 bits per heavy atom. The van der Waals surface area contributed by atoms with Gasteiger partial charge in [0.1, 0.15) is 5.75 Å². The molecule has 0 bridgehead atoms. The van der Waals surface area contributed by atoms with Gasteiger partial charge in [-0.15, -0.1) is 0 Å². The fourth-order valence-electron chi connectivity index (χ4n) is 2.92. The Bertz CT molecular complexity index is 448. The quantitative estimate of drug-likeness (QED) is 0.879. The molecule has 2 unspecified atom stereocenters. The molecule has 1 aliphatic carbocycles. The molecule has 4 heteroatoms. The van der Waals surface area contributed by atoms with E-state index < -0.39 is 0 Å². The molecule has 4 nitrogen and oxygen atoms in total. The van der Waals surface area contributed by atoms with Crippen LogP contribution in [0.5, 0.6) is 5.75 Å². The lowest BCUT2D eigenvalue weighted by atomic mass is 9.83. The Balaban J connectivity index is 1.90. The van der Waals surface area contributed by atoms with Crippen LogP contribution in [0.2, 0.25) is 0 Å². The van der Waals surface area contributed by atoms with Crippen molar-refractivity contribution in [2.75, 3.05) is 12.4 Å². The first-order valence-electron chi connectivity index (χ1n) is 7.44. The molecule has 2 N–H and O–H groups in total. The normalized spacial score (nSPS) is 22.1. The molecule has 2 rings (SSSR count). The van der Waals surface area contributed by atoms with Gasteiger partial charge in [-0.25, -0.2) is 4.79 Å². The molecule has 0 spiro atoms. The van der Waals surface area contributed by atoms with Gasteiger partial charge in [0.05, 0.1) is 7.11 Å². The first-order chi connectivity index (χ1) is 9.72. The molecule has 2 amide bonds. The summed E-state index contributed by atoms with van der Waals surface area (Å²) in [6.45, 7) is 2.20. The van der Waals surface area contributed by atoms with Gasteiger partial charge in [-0.3, -0.25) is 0 Å². The van der Waals surface area contributed by atoms with Gasteiger partial charge >= 0.3 is 6.03 Å². The van der Waals surface area contributed by atoms with Crippen LogP contribution < -0.4 is 15.4 Å². The zero-order valence-corrected chi connectivity index (χ0v) is 12.3. The maximum Gasteiger partial charge on any atom is 0.319 e. The minimum absolute atomic E-state index is 0.122. The Hall–Kier alpha value is -1.71. The predicted molar refractivity (Wildman–Crippen MR) is 81.2 cm³/mol. The van der Waals surface area contributed by atoms with Gasteiger partial charge in [0.15, 0.2) is 0 Å². The highest BCUT2D eigenvalue weighted by Gasteiger charge is 2.24. The molecule has 1 aromatic carbocycles. The van der Waals surface area contributed by atoms with Crippen molar-refractivity contribution in [2.45, 2.75) is 45.1 Å². The smallest absolute Gasteiger partial charge is 0.319 e. The van der Waals surface area contributed by atoms with Gasteiger partial charge < -0.3 is 15.4 Å². The zero-order valence-electron chi connectivity index (χ0n) is 12.3. The van der Waals surface area contributed by atoms with Crippen LogP contribution >= 0.6 is 0 Å². The summed E-state index contributed by atoms with van der Waals surface area (Å²) in [6, 6.07) is 7.59. The fourth-order valence-corrected chi connectivity index (χ4v) is 2.92. The lowest BCUT2D eigenvalue weighted by Gasteiger charge is -2.31. The Morgan fingerprint density at radius 2 is 2.15 bits per heavy atom. The monoisotopic (exact) mass is 276 g/mol. The van der Waals surface area contributed by atoms with E-state index in [9.17, 15) is 4.79 Å². The van der Waals surface area contributed by atoms with Crippen molar-refractivity contribution in [2.24, 2.45) is 5.92 Å². The van der Waals surface area contributed by atoms with Gasteiger partial charge in [-0.05, 0) is 30.9 Å². The number of hydrogen-bond acceptors (Lipinski definition) is 2. The molecule has 110 valence electrons. The average molecular weight is 276 g/mol. The van der Waals surface area contributed by atoms with E-state index >= 15 is 0 Å². The summed E-state index contributed by atoms with van der Waals surface area (Å²) in [5.74, 6) is 1.35. The second-order valence-electron chi connectivity index (χ2n) is 5.39. The summed E-state index contributed by atoms with van der Waals surface area (Å²) in [7, 11) is 1.62. The van der Waals surface area contributed by atoms with E-state index in [1.54, 1.807) is 7.11 Å². The van der Waals surface area contributed by atoms with E-state index in [0.717, 1.165) is 24.3 Å². The number of anilines is 1. The van der Waals surface area contributed by atoms with E-state index in [4.69, 9.17) is 4.74 Å². The van der Waals surface area contributed by atoms with E-state index in [1.165, 1.54) is 19.3 Å². The molecule has 0 heterocycles. The predicted octanol–water partition coefficient (Wildman–Crippen LogP) is 3.79. The Labute approximate surface area is 120 Å². The minimum Gasteiger partial charge on any atom is -0.497 e. The highest BCUT2D eigenvalue weighted by atomic mass is 16.5. The number of hydrogen-bond donors (Lipinski definition) is 2. The van der Waals surface area contributed by atoms with E-state index in [2.05, 4.69) is 17.6 Å². The standard InChI is InChI=1S/C16H24N2O2/c1-3-12-7-4-5-10-15(12)18-16(19)17-13-8-6-9-14(11-13)20-2/h6,8-9,11-12,15H,3-5,7,10H2,1-2H3,(H2,17,18,19). The summed E-state index contributed by atoms with van der Waals surface area (Å²) >= 11 is 0. The number of benzene rings is 1. The third-order valence-electron chi connectivity index (χ3n) is 4.08. The number of urea groups is 1. The van der Waals surface area contributed by atoms with Crippen molar-refractivity contribution >= 4 is 11.7 Å². The van der Waals surface area contributed by atoms with Crippen LogP contribution in [-0.4, -0.2) is 19.2 Å². The van der Waals surface area contributed by atoms with E-state index in [1.807, 2.05) is 24.3 Å². The highest BCUT2D eigenvalue weighted by molar-refractivity contribution is 5.89. The number of rotatable bonds is 4. The molecule has 0 saturated heterocycles. The Kier molecular flexibility index (Phi) is 5.27. The molecular formula is C16H24N2O2. The Morgan fingerprint density at radius 3 is 2.90 bits per heavy atom. The zero-order chi connectivity index (χ0) is 14.4. The van der Waals surface area contributed by atoms with Crippen molar-refractivity contribution < 1.29 is 9.53 Å². The molecule has 1 aromatic rings. The molecule has 2 atom stereocenters. The van der Waals surface area contributed by atoms with Gasteiger partial charge in [0, 0.05) is 17.8 Å². The van der Waals surface area contributed by atoms with Crippen molar-refractivity contribution in [3.8, 4) is 5.75 Å². The van der Waals surface area contributed by atoms with Gasteiger partial charge in [0.2, 0.25) is 0 Å². The maximum atomic E-state index is 12.1. The number of carbonyl (C=O) groups is 1. The third-order valence-corrected chi connectivity index (χ3v) is 4.08. The summed E-state index contributed by atoms with van der Waals surface area (Å²) in [4.78, 5) is 12.1. The number of ether oxygens (including phenoxy) is 1. The van der Waals surface area contributed by atoms with Crippen LogP contribution in [0.4, 0.5) is 10.5 Å². The van der Waals surface area contributed by atoms with Crippen molar-refractivity contribution in [1.82, 2.24) is 5.32 Å². The third kappa shape index (κ3) is 3.89. The minimum atomic E-state index is -0.122. The summed E-state index contributed by atoms with van der Waals surface area (Å²) in [5.41, 5.74) is 0.755. The lowest BCUT2D eigenvalue weighted by Crippen LogP contribution is -2.43. The van der Waals surface area contributed by atoms with Crippen LogP contribution in [-0.2, 0) is 0 Å². The first-order valence-corrected chi connectivity index (χ1v) is 7.44. The van der Waals surface area contributed by atoms with Crippen LogP contribution in [0, 0.1) is 5.92 Å². The largest absolute Gasteiger partial charge is 0.497 e. The average Bonchev–Trinajstić information content (AvgIpc) is 2.48. The molecule has 0 radical (unpaired) electrons. The number of methoxy groups -OCH3 is 1. The van der Waals surface area contributed by atoms with Gasteiger partial charge in [0.25, 0.3) is 0 Å². The van der Waals surface area contributed by atoms with Crippen molar-refractivity contribution in [3.05, 3.63) is 24.3 Å². The lowest BCUT2D eigenvalue weighted by molar-refractivity contribution is 0.226. The second-order valence-corrected chi connectivity index (χ2v) is 5.39. The number of carbonyl (C=O) groups excluding carboxylic acids is 1. The first kappa shape index (κ1) is 14.7. The highest BCUT2D eigenvalue weighted by Crippen LogP contribution is 2.27. The molecule has 20 heavy (non-hydrogen) atoms. The molecular weight excluding hydrogens is 252 g/mol. The van der Waals surface area contributed by atoms with E-state index in [0.29, 0.717) is 12.0 Å². The van der Waals surface area contributed by atoms with Crippen LogP contribution in [0.25, 0.3) is 0 Å². The molecule has 1 fully saturated rings. The number of nitrogens with one attached hydrogen (secondary N) is 2. The fraction of sp³-hybridized carbons (Fsp3) is 0.562. The molecule has 0 aromatic heterocycles. The van der Waals surface area contributed by atoms with Crippen LogP contribution in [0.1, 0.15) is 39.0 Å².